The molecule has 0 saturated carbocycles. The zero-order valence-electron chi connectivity index (χ0n) is 35.6. The quantitative estimate of drug-likeness (QED) is 0.0983. The number of aromatic nitrogens is 3. The minimum absolute atomic E-state index is 0. The molecule has 2 aromatic heterocycles. The average molecular weight is 937 g/mol. The number of hydrogen-bond acceptors (Lipinski definition) is 1. The van der Waals surface area contributed by atoms with Gasteiger partial charge in [0.05, 0.1) is 11.2 Å². The topological polar surface area (TPSA) is 31.9 Å². The van der Waals surface area contributed by atoms with Gasteiger partial charge in [-0.1, -0.05) is 126 Å². The summed E-state index contributed by atoms with van der Waals surface area (Å²) in [6.07, 6.45) is 0. The molecule has 0 radical (unpaired) electrons. The Labute approximate surface area is 371 Å². The summed E-state index contributed by atoms with van der Waals surface area (Å²) in [6.45, 7) is 24.8. The summed E-state index contributed by atoms with van der Waals surface area (Å²) in [5.74, 6) is 0. The molecule has 9 aromatic rings. The fourth-order valence-corrected chi connectivity index (χ4v) is 6.80. The Bertz CT molecular complexity index is 2620. The van der Waals surface area contributed by atoms with Crippen LogP contribution in [0.25, 0.3) is 55.1 Å². The van der Waals surface area contributed by atoms with Crippen LogP contribution in [0.15, 0.2) is 170 Å². The summed E-state index contributed by atoms with van der Waals surface area (Å²) in [4.78, 5) is 5.20. The molecule has 9 rings (SSSR count). The molecule has 294 valence electrons. The van der Waals surface area contributed by atoms with E-state index in [1.54, 1.807) is 0 Å². The second-order valence-corrected chi connectivity index (χ2v) is 16.8. The zero-order valence-corrected chi connectivity index (χ0v) is 39.2. The minimum Gasteiger partial charge on any atom is -0.656 e. The largest absolute Gasteiger partial charge is 4.00 e. The van der Waals surface area contributed by atoms with Crippen molar-refractivity contribution in [3.05, 3.63) is 218 Å². The Hall–Kier alpha value is -5.71. The predicted molar refractivity (Wildman–Crippen MR) is 250 cm³/mol. The van der Waals surface area contributed by atoms with E-state index in [0.29, 0.717) is 0 Å². The van der Waals surface area contributed by atoms with Gasteiger partial charge in [-0.25, -0.2) is 0 Å². The van der Waals surface area contributed by atoms with Gasteiger partial charge in [0.15, 0.2) is 0 Å². The van der Waals surface area contributed by atoms with E-state index < -0.39 is 0 Å². The fraction of sp³-hybridized carbons (Fsp3) is 0.164. The molecule has 0 atom stereocenters. The molecular formula is C55H55HfN3. The molecule has 7 aromatic carbocycles. The Morgan fingerprint density at radius 1 is 0.458 bits per heavy atom. The molecule has 0 saturated heterocycles. The van der Waals surface area contributed by atoms with Gasteiger partial charge in [-0.05, 0) is 61.2 Å². The van der Waals surface area contributed by atoms with E-state index in [-0.39, 0.29) is 36.7 Å². The Balaban J connectivity index is 0.000000243. The molecule has 59 heavy (non-hydrogen) atoms. The van der Waals surface area contributed by atoms with Crippen LogP contribution in [0.1, 0.15) is 69.4 Å². The second kappa shape index (κ2) is 19.4. The second-order valence-electron chi connectivity index (χ2n) is 16.8. The van der Waals surface area contributed by atoms with Gasteiger partial charge in [0, 0.05) is 12.4 Å². The van der Waals surface area contributed by atoms with Crippen LogP contribution in [-0.4, -0.2) is 9.78 Å². The Kier molecular flexibility index (Phi) is 14.6. The van der Waals surface area contributed by atoms with E-state index in [1.165, 1.54) is 38.2 Å². The fourth-order valence-electron chi connectivity index (χ4n) is 6.80. The molecule has 2 heterocycles. The summed E-state index contributed by atoms with van der Waals surface area (Å²) in [5.41, 5.74) is 11.2. The molecular weight excluding hydrogens is 881 g/mol. The van der Waals surface area contributed by atoms with Crippen molar-refractivity contribution in [2.45, 2.75) is 52.4 Å². The maximum absolute atomic E-state index is 5.20. The van der Waals surface area contributed by atoms with Gasteiger partial charge in [0.2, 0.25) is 0 Å². The minimum atomic E-state index is 0. The molecule has 0 bridgehead atoms. The number of para-hydroxylation sites is 1. The first-order valence-electron chi connectivity index (χ1n) is 19.9. The summed E-state index contributed by atoms with van der Waals surface area (Å²) in [6, 6.07) is 58.4. The van der Waals surface area contributed by atoms with E-state index in [4.69, 9.17) is 10.1 Å². The van der Waals surface area contributed by atoms with Gasteiger partial charge in [-0.2, -0.15) is 79.0 Å². The molecule has 0 fully saturated rings. The van der Waals surface area contributed by atoms with E-state index in [0.717, 1.165) is 44.7 Å². The number of rotatable bonds is 2. The first-order valence-corrected chi connectivity index (χ1v) is 19.9. The number of nitrogens with zero attached hydrogens (tertiary/aromatic N) is 3. The third-order valence-electron chi connectivity index (χ3n) is 10.1. The van der Waals surface area contributed by atoms with E-state index >= 15 is 0 Å². The van der Waals surface area contributed by atoms with E-state index in [1.807, 2.05) is 103 Å². The number of fused-ring (bicyclic) bond motifs is 3. The SMILES string of the molecule is Cn1nc(-c2ccc(-c3c4ccc(C(C)(C)C)cc4cc4ccc(C(C)(C)C)cc34)[n-]2)c2ccccc21.[CH2-]c1ccccc1.[CH2-]c1ccccc1.[CH2-]c1ccccc1.[Hf+4]. The third-order valence-corrected chi connectivity index (χ3v) is 10.1. The summed E-state index contributed by atoms with van der Waals surface area (Å²) >= 11 is 0. The van der Waals surface area contributed by atoms with Crippen LogP contribution in [0.3, 0.4) is 0 Å². The van der Waals surface area contributed by atoms with Crippen LogP contribution in [-0.2, 0) is 43.7 Å². The van der Waals surface area contributed by atoms with Crippen LogP contribution in [0.5, 0.6) is 0 Å². The number of aryl methyl sites for hydroxylation is 1. The molecule has 0 amide bonds. The van der Waals surface area contributed by atoms with Crippen molar-refractivity contribution in [3.8, 4) is 22.6 Å². The van der Waals surface area contributed by atoms with Crippen molar-refractivity contribution in [1.82, 2.24) is 14.8 Å². The maximum Gasteiger partial charge on any atom is 4.00 e. The first-order chi connectivity index (χ1) is 27.7. The van der Waals surface area contributed by atoms with Crippen LogP contribution in [0.4, 0.5) is 0 Å². The molecule has 0 aliphatic rings. The van der Waals surface area contributed by atoms with Gasteiger partial charge < -0.3 is 4.98 Å². The Morgan fingerprint density at radius 2 is 0.932 bits per heavy atom. The van der Waals surface area contributed by atoms with Gasteiger partial charge in [0.1, 0.15) is 0 Å². The first kappa shape index (κ1) is 44.4. The predicted octanol–water partition coefficient (Wildman–Crippen LogP) is 14.4. The number of benzene rings is 7. The molecule has 0 aliphatic carbocycles. The molecule has 4 heteroatoms. The van der Waals surface area contributed by atoms with Gasteiger partial charge in [0.25, 0.3) is 0 Å². The van der Waals surface area contributed by atoms with Crippen LogP contribution >= 0.6 is 0 Å². The van der Waals surface area contributed by atoms with E-state index in [2.05, 4.69) is 141 Å². The number of hydrogen-bond donors (Lipinski definition) is 0. The summed E-state index contributed by atoms with van der Waals surface area (Å²) in [7, 11) is 1.99. The van der Waals surface area contributed by atoms with Crippen molar-refractivity contribution >= 4 is 32.4 Å². The third kappa shape index (κ3) is 11.3. The molecule has 3 nitrogen and oxygen atoms in total. The smallest absolute Gasteiger partial charge is 0.656 e. The monoisotopic (exact) mass is 937 g/mol. The van der Waals surface area contributed by atoms with Crippen LogP contribution in [0, 0.1) is 20.8 Å². The van der Waals surface area contributed by atoms with Crippen LogP contribution < -0.4 is 4.98 Å². The molecule has 0 aliphatic heterocycles. The van der Waals surface area contributed by atoms with Gasteiger partial charge in [-0.3, -0.25) is 4.68 Å². The van der Waals surface area contributed by atoms with Crippen molar-refractivity contribution in [3.63, 3.8) is 0 Å². The van der Waals surface area contributed by atoms with Gasteiger partial charge in [-0.15, -0.1) is 47.8 Å². The average Bonchev–Trinajstić information content (AvgIpc) is 3.82. The van der Waals surface area contributed by atoms with Crippen molar-refractivity contribution in [2.24, 2.45) is 7.05 Å². The van der Waals surface area contributed by atoms with Gasteiger partial charge >= 0.3 is 25.8 Å². The van der Waals surface area contributed by atoms with Crippen molar-refractivity contribution in [1.29, 1.82) is 0 Å². The maximum atomic E-state index is 5.20. The van der Waals surface area contributed by atoms with E-state index in [9.17, 15) is 0 Å². The standard InChI is InChI=1S/C34H34N3.3C7H7.Hf/c1-33(2,3)23-14-15-25-22(19-23)18-21-12-13-24(34(4,5)6)20-27(21)31(25)28-16-17-29(35-28)32-26-10-8-9-11-30(26)37(7)36-32;3*1-7-5-3-2-4-6-7;/h8-20H,1-7H3;3*2-6H,1H2;/q4*-1;+4. The van der Waals surface area contributed by atoms with Crippen LogP contribution in [0.2, 0.25) is 0 Å². The Morgan fingerprint density at radius 3 is 1.44 bits per heavy atom. The van der Waals surface area contributed by atoms with Crippen molar-refractivity contribution in [2.75, 3.05) is 0 Å². The summed E-state index contributed by atoms with van der Waals surface area (Å²) in [5, 5.41) is 10.9. The molecule has 0 N–H and O–H groups in total. The zero-order chi connectivity index (χ0) is 41.5. The molecule has 0 unspecified atom stereocenters. The van der Waals surface area contributed by atoms with Crippen molar-refractivity contribution < 1.29 is 25.8 Å². The summed E-state index contributed by atoms with van der Waals surface area (Å²) < 4.78 is 1.94. The normalized spacial score (nSPS) is 11.0. The molecule has 0 spiro atoms.